The van der Waals surface area contributed by atoms with Crippen LogP contribution in [0.5, 0.6) is 0 Å². The maximum Gasteiger partial charge on any atom is 0.191 e. The molecule has 0 radical (unpaired) electrons. The van der Waals surface area contributed by atoms with E-state index in [0.29, 0.717) is 12.1 Å². The fraction of sp³-hybridized carbons (Fsp3) is 0.947. The number of hydrogen-bond acceptors (Lipinski definition) is 4. The van der Waals surface area contributed by atoms with Crippen LogP contribution in [0, 0.1) is 0 Å². The van der Waals surface area contributed by atoms with Crippen molar-refractivity contribution in [3.63, 3.8) is 0 Å². The van der Waals surface area contributed by atoms with Crippen molar-refractivity contribution in [1.29, 1.82) is 0 Å². The van der Waals surface area contributed by atoms with Crippen molar-refractivity contribution < 1.29 is 4.74 Å². The molecule has 0 aromatic heterocycles. The summed E-state index contributed by atoms with van der Waals surface area (Å²) in [6, 6.07) is 1.19. The maximum atomic E-state index is 5.55. The van der Waals surface area contributed by atoms with Gasteiger partial charge in [-0.15, -0.1) is 0 Å². The fourth-order valence-corrected chi connectivity index (χ4v) is 4.71. The van der Waals surface area contributed by atoms with E-state index in [2.05, 4.69) is 66.9 Å². The van der Waals surface area contributed by atoms with Crippen molar-refractivity contribution in [2.24, 2.45) is 4.99 Å². The van der Waals surface area contributed by atoms with Crippen molar-refractivity contribution >= 4 is 17.7 Å². The maximum absolute atomic E-state index is 5.55. The lowest BCUT2D eigenvalue weighted by Crippen LogP contribution is -2.48. The smallest absolute Gasteiger partial charge is 0.191 e. The molecule has 0 spiro atoms. The summed E-state index contributed by atoms with van der Waals surface area (Å²) in [5.41, 5.74) is 0. The number of nitrogens with one attached hydrogen (secondary N) is 2. The molecule has 1 saturated heterocycles. The minimum atomic E-state index is 0.288. The van der Waals surface area contributed by atoms with Gasteiger partial charge in [-0.25, -0.2) is 0 Å². The summed E-state index contributed by atoms with van der Waals surface area (Å²) in [6.45, 7) is 16.1. The van der Waals surface area contributed by atoms with Gasteiger partial charge >= 0.3 is 0 Å². The number of hydrogen-bond donors (Lipinski definition) is 2. The first-order chi connectivity index (χ1) is 11.9. The Morgan fingerprint density at radius 2 is 1.80 bits per heavy atom. The van der Waals surface area contributed by atoms with Crippen LogP contribution in [0.1, 0.15) is 53.9 Å². The Morgan fingerprint density at radius 1 is 1.16 bits per heavy atom. The van der Waals surface area contributed by atoms with Crippen molar-refractivity contribution in [1.82, 2.24) is 15.5 Å². The standard InChI is InChI=1S/C19H40N4OS/c1-7-25-19(9-13-24-14-10-19)15-22-18(20-6)21-11-8-12-23(16(2)3)17(4)5/h16-17H,7-15H2,1-6H3,(H2,20,21,22). The topological polar surface area (TPSA) is 48.9 Å². The summed E-state index contributed by atoms with van der Waals surface area (Å²) >= 11 is 2.06. The van der Waals surface area contributed by atoms with Gasteiger partial charge in [0.05, 0.1) is 0 Å². The minimum absolute atomic E-state index is 0.288. The lowest BCUT2D eigenvalue weighted by molar-refractivity contribution is 0.0782. The average Bonchev–Trinajstić information content (AvgIpc) is 2.57. The Balaban J connectivity index is 2.36. The van der Waals surface area contributed by atoms with E-state index in [-0.39, 0.29) is 4.75 Å². The summed E-state index contributed by atoms with van der Waals surface area (Å²) < 4.78 is 5.84. The van der Waals surface area contributed by atoms with Crippen LogP contribution >= 0.6 is 11.8 Å². The quantitative estimate of drug-likeness (QED) is 0.351. The molecule has 0 aliphatic carbocycles. The zero-order chi connectivity index (χ0) is 18.7. The molecule has 6 heteroatoms. The second-order valence-corrected chi connectivity index (χ2v) is 9.09. The summed E-state index contributed by atoms with van der Waals surface area (Å²) in [5.74, 6) is 2.07. The van der Waals surface area contributed by atoms with Crippen LogP contribution < -0.4 is 10.6 Å². The Morgan fingerprint density at radius 3 is 2.32 bits per heavy atom. The molecule has 0 amide bonds. The fourth-order valence-electron chi connectivity index (χ4n) is 3.47. The Labute approximate surface area is 159 Å². The molecular weight excluding hydrogens is 332 g/mol. The lowest BCUT2D eigenvalue weighted by atomic mass is 9.99. The van der Waals surface area contributed by atoms with Crippen molar-refractivity contribution in [2.75, 3.05) is 45.6 Å². The highest BCUT2D eigenvalue weighted by Crippen LogP contribution is 2.34. The zero-order valence-electron chi connectivity index (χ0n) is 17.2. The molecule has 2 N–H and O–H groups in total. The Bertz CT molecular complexity index is 368. The highest BCUT2D eigenvalue weighted by atomic mass is 32.2. The number of nitrogens with zero attached hydrogens (tertiary/aromatic N) is 2. The summed E-state index contributed by atoms with van der Waals surface area (Å²) in [7, 11) is 1.85. The molecule has 148 valence electrons. The Hall–Kier alpha value is -0.460. The molecule has 1 aliphatic rings. The van der Waals surface area contributed by atoms with Crippen LogP contribution in [0.2, 0.25) is 0 Å². The van der Waals surface area contributed by atoms with Gasteiger partial charge in [-0.2, -0.15) is 11.8 Å². The predicted octanol–water partition coefficient (Wildman–Crippen LogP) is 2.96. The molecule has 0 bridgehead atoms. The van der Waals surface area contributed by atoms with Crippen molar-refractivity contribution in [3.8, 4) is 0 Å². The van der Waals surface area contributed by atoms with Crippen LogP contribution in [0.3, 0.4) is 0 Å². The van der Waals surface area contributed by atoms with Crippen LogP contribution in [-0.4, -0.2) is 73.3 Å². The summed E-state index contributed by atoms with van der Waals surface area (Å²) in [4.78, 5) is 6.93. The van der Waals surface area contributed by atoms with Gasteiger partial charge in [0, 0.05) is 56.7 Å². The largest absolute Gasteiger partial charge is 0.381 e. The van der Waals surface area contributed by atoms with Gasteiger partial charge in [-0.05, 0) is 52.7 Å². The van der Waals surface area contributed by atoms with E-state index in [9.17, 15) is 0 Å². The highest BCUT2D eigenvalue weighted by molar-refractivity contribution is 8.00. The number of ether oxygens (including phenoxy) is 1. The van der Waals surface area contributed by atoms with Gasteiger partial charge in [0.2, 0.25) is 0 Å². The van der Waals surface area contributed by atoms with Crippen LogP contribution in [-0.2, 0) is 4.74 Å². The van der Waals surface area contributed by atoms with E-state index in [0.717, 1.165) is 63.8 Å². The number of guanidine groups is 1. The monoisotopic (exact) mass is 372 g/mol. The first kappa shape index (κ1) is 22.6. The van der Waals surface area contributed by atoms with Gasteiger partial charge in [0.1, 0.15) is 0 Å². The molecule has 5 nitrogen and oxygen atoms in total. The third kappa shape index (κ3) is 8.18. The predicted molar refractivity (Wildman–Crippen MR) is 112 cm³/mol. The molecular formula is C19H40N4OS. The van der Waals surface area contributed by atoms with E-state index in [1.807, 2.05) is 7.05 Å². The van der Waals surface area contributed by atoms with Gasteiger partial charge in [-0.1, -0.05) is 6.92 Å². The lowest BCUT2D eigenvalue weighted by Gasteiger charge is -2.37. The molecule has 1 aliphatic heterocycles. The second-order valence-electron chi connectivity index (χ2n) is 7.36. The first-order valence-corrected chi connectivity index (χ1v) is 10.8. The first-order valence-electron chi connectivity index (χ1n) is 9.86. The van der Waals surface area contributed by atoms with Crippen LogP contribution in [0.15, 0.2) is 4.99 Å². The molecule has 1 heterocycles. The van der Waals surface area contributed by atoms with Crippen LogP contribution in [0.4, 0.5) is 0 Å². The molecule has 1 fully saturated rings. The molecule has 0 aromatic rings. The number of rotatable bonds is 10. The molecule has 25 heavy (non-hydrogen) atoms. The molecule has 0 saturated carbocycles. The van der Waals surface area contributed by atoms with E-state index >= 15 is 0 Å². The van der Waals surface area contributed by atoms with Gasteiger partial charge in [0.25, 0.3) is 0 Å². The van der Waals surface area contributed by atoms with Gasteiger partial charge < -0.3 is 15.4 Å². The van der Waals surface area contributed by atoms with Gasteiger partial charge in [-0.3, -0.25) is 9.89 Å². The number of thioether (sulfide) groups is 1. The van der Waals surface area contributed by atoms with Crippen molar-refractivity contribution in [2.45, 2.75) is 70.7 Å². The molecule has 1 rings (SSSR count). The van der Waals surface area contributed by atoms with E-state index in [1.54, 1.807) is 0 Å². The van der Waals surface area contributed by atoms with Gasteiger partial charge in [0.15, 0.2) is 5.96 Å². The molecule has 0 unspecified atom stereocenters. The molecule has 0 atom stereocenters. The normalized spacial score (nSPS) is 18.2. The minimum Gasteiger partial charge on any atom is -0.381 e. The van der Waals surface area contributed by atoms with Crippen LogP contribution in [0.25, 0.3) is 0 Å². The summed E-state index contributed by atoms with van der Waals surface area (Å²) in [6.07, 6.45) is 3.36. The third-order valence-electron chi connectivity index (χ3n) is 4.87. The van der Waals surface area contributed by atoms with E-state index < -0.39 is 0 Å². The second kappa shape index (κ2) is 12.0. The molecule has 0 aromatic carbocycles. The highest BCUT2D eigenvalue weighted by Gasteiger charge is 2.32. The van der Waals surface area contributed by atoms with E-state index in [1.165, 1.54) is 0 Å². The van der Waals surface area contributed by atoms with E-state index in [4.69, 9.17) is 4.74 Å². The van der Waals surface area contributed by atoms with Crippen molar-refractivity contribution in [3.05, 3.63) is 0 Å². The third-order valence-corrected chi connectivity index (χ3v) is 6.32. The zero-order valence-corrected chi connectivity index (χ0v) is 18.0. The average molecular weight is 373 g/mol. The SMILES string of the molecule is CCSC1(CNC(=NC)NCCCN(C(C)C)C(C)C)CCOCC1. The number of aliphatic imine (C=N–C) groups is 1. The Kier molecular flexibility index (Phi) is 10.9. The summed E-state index contributed by atoms with van der Waals surface area (Å²) in [5, 5.41) is 7.02.